The van der Waals surface area contributed by atoms with Gasteiger partial charge in [0.1, 0.15) is 0 Å². The summed E-state index contributed by atoms with van der Waals surface area (Å²) in [5.41, 5.74) is 1.20. The summed E-state index contributed by atoms with van der Waals surface area (Å²) in [4.78, 5) is 2.20. The van der Waals surface area contributed by atoms with E-state index in [0.717, 1.165) is 13.0 Å². The number of piperazine rings is 1. The Morgan fingerprint density at radius 2 is 1.90 bits per heavy atom. The zero-order valence-corrected chi connectivity index (χ0v) is 13.1. The molecule has 0 aliphatic carbocycles. The molecule has 1 unspecified atom stereocenters. The van der Waals surface area contributed by atoms with Crippen molar-refractivity contribution in [3.05, 3.63) is 35.9 Å². The zero-order chi connectivity index (χ0) is 14.6. The lowest BCUT2D eigenvalue weighted by Gasteiger charge is -2.36. The van der Waals surface area contributed by atoms with Crippen molar-refractivity contribution in [2.45, 2.75) is 25.8 Å². The molecule has 0 amide bonds. The van der Waals surface area contributed by atoms with Gasteiger partial charge in [0.25, 0.3) is 0 Å². The van der Waals surface area contributed by atoms with E-state index in [0.29, 0.717) is 25.6 Å². The molecular weight excluding hydrogens is 272 g/mol. The summed E-state index contributed by atoms with van der Waals surface area (Å²) < 4.78 is 26.3. The van der Waals surface area contributed by atoms with Crippen LogP contribution in [0.15, 0.2) is 30.3 Å². The lowest BCUT2D eigenvalue weighted by Crippen LogP contribution is -2.52. The highest BCUT2D eigenvalue weighted by molar-refractivity contribution is 7.89. The molecule has 1 aliphatic heterocycles. The molecule has 112 valence electrons. The van der Waals surface area contributed by atoms with Gasteiger partial charge >= 0.3 is 0 Å². The molecule has 0 saturated carbocycles. The normalized spacial score (nSPS) is 22.0. The Hall–Kier alpha value is -0.910. The minimum Gasteiger partial charge on any atom is -0.301 e. The molecule has 0 N–H and O–H groups in total. The second-order valence-electron chi connectivity index (χ2n) is 5.59. The van der Waals surface area contributed by atoms with Crippen molar-refractivity contribution in [3.8, 4) is 0 Å². The maximum atomic E-state index is 12.3. The molecule has 1 aromatic rings. The number of likely N-dealkylation sites (N-methyl/N-ethyl adjacent to an activating group) is 1. The van der Waals surface area contributed by atoms with Crippen LogP contribution in [0, 0.1) is 0 Å². The van der Waals surface area contributed by atoms with Crippen LogP contribution in [0.3, 0.4) is 0 Å². The first-order valence-corrected chi connectivity index (χ1v) is 8.82. The molecule has 0 aromatic heterocycles. The van der Waals surface area contributed by atoms with Crippen molar-refractivity contribution in [1.29, 1.82) is 0 Å². The molecule has 2 rings (SSSR count). The second-order valence-corrected chi connectivity index (χ2v) is 7.68. The maximum Gasteiger partial charge on any atom is 0.214 e. The van der Waals surface area contributed by atoms with Gasteiger partial charge in [-0.25, -0.2) is 8.42 Å². The number of benzene rings is 1. The van der Waals surface area contributed by atoms with Crippen LogP contribution in [0.5, 0.6) is 0 Å². The number of hydrogen-bond acceptors (Lipinski definition) is 3. The van der Waals surface area contributed by atoms with Crippen molar-refractivity contribution >= 4 is 10.0 Å². The van der Waals surface area contributed by atoms with E-state index in [1.54, 1.807) is 4.31 Å². The van der Waals surface area contributed by atoms with Crippen LogP contribution in [-0.4, -0.2) is 56.1 Å². The molecule has 5 heteroatoms. The number of aryl methyl sites for hydroxylation is 1. The highest BCUT2D eigenvalue weighted by atomic mass is 32.2. The fourth-order valence-electron chi connectivity index (χ4n) is 2.50. The monoisotopic (exact) mass is 296 g/mol. The van der Waals surface area contributed by atoms with Crippen LogP contribution in [0.25, 0.3) is 0 Å². The third kappa shape index (κ3) is 4.04. The molecule has 1 saturated heterocycles. The minimum atomic E-state index is -3.10. The summed E-state index contributed by atoms with van der Waals surface area (Å²) in [7, 11) is -1.06. The molecule has 0 spiro atoms. The van der Waals surface area contributed by atoms with Crippen molar-refractivity contribution in [3.63, 3.8) is 0 Å². The Balaban J connectivity index is 1.85. The topological polar surface area (TPSA) is 40.6 Å². The predicted octanol–water partition coefficient (Wildman–Crippen LogP) is 1.58. The average Bonchev–Trinajstić information content (AvgIpc) is 2.43. The SMILES string of the molecule is CC1CN(S(=O)(=O)CCCc2ccccc2)CCN1C. The standard InChI is InChI=1S/C15H24N2O2S/c1-14-13-17(11-10-16(14)2)20(18,19)12-6-9-15-7-4-3-5-8-15/h3-5,7-8,14H,6,9-13H2,1-2H3. The van der Waals surface area contributed by atoms with E-state index in [4.69, 9.17) is 0 Å². The first kappa shape index (κ1) is 15.5. The predicted molar refractivity (Wildman–Crippen MR) is 82.2 cm³/mol. The van der Waals surface area contributed by atoms with Crippen LogP contribution in [0.4, 0.5) is 0 Å². The summed E-state index contributed by atoms with van der Waals surface area (Å²) >= 11 is 0. The van der Waals surface area contributed by atoms with E-state index in [-0.39, 0.29) is 5.75 Å². The molecule has 1 heterocycles. The molecule has 1 aliphatic rings. The van der Waals surface area contributed by atoms with Gasteiger partial charge in [-0.1, -0.05) is 30.3 Å². The van der Waals surface area contributed by atoms with Gasteiger partial charge in [0, 0.05) is 25.7 Å². The zero-order valence-electron chi connectivity index (χ0n) is 12.3. The highest BCUT2D eigenvalue weighted by Gasteiger charge is 2.28. The Labute approximate surface area is 122 Å². The number of sulfonamides is 1. The van der Waals surface area contributed by atoms with Crippen LogP contribution in [0.2, 0.25) is 0 Å². The Bertz CT molecular complexity index is 516. The van der Waals surface area contributed by atoms with Gasteiger partial charge < -0.3 is 4.90 Å². The largest absolute Gasteiger partial charge is 0.301 e. The van der Waals surface area contributed by atoms with Crippen molar-refractivity contribution in [2.24, 2.45) is 0 Å². The lowest BCUT2D eigenvalue weighted by atomic mass is 10.1. The summed E-state index contributed by atoms with van der Waals surface area (Å²) in [6, 6.07) is 10.4. The van der Waals surface area contributed by atoms with E-state index < -0.39 is 10.0 Å². The minimum absolute atomic E-state index is 0.248. The molecule has 1 atom stereocenters. The van der Waals surface area contributed by atoms with Gasteiger partial charge in [0.2, 0.25) is 10.0 Å². The molecule has 0 radical (unpaired) electrons. The molecule has 4 nitrogen and oxygen atoms in total. The van der Waals surface area contributed by atoms with E-state index in [1.807, 2.05) is 37.4 Å². The molecule has 1 fully saturated rings. The number of nitrogens with zero attached hydrogens (tertiary/aromatic N) is 2. The van der Waals surface area contributed by atoms with E-state index in [2.05, 4.69) is 11.8 Å². The van der Waals surface area contributed by atoms with Crippen LogP contribution >= 0.6 is 0 Å². The van der Waals surface area contributed by atoms with Gasteiger partial charge in [-0.2, -0.15) is 4.31 Å². The lowest BCUT2D eigenvalue weighted by molar-refractivity contribution is 0.159. The Morgan fingerprint density at radius 1 is 1.20 bits per heavy atom. The van der Waals surface area contributed by atoms with Gasteiger partial charge in [0.15, 0.2) is 0 Å². The fraction of sp³-hybridized carbons (Fsp3) is 0.600. The third-order valence-corrected chi connectivity index (χ3v) is 5.95. The molecule has 0 bridgehead atoms. The van der Waals surface area contributed by atoms with Crippen molar-refractivity contribution < 1.29 is 8.42 Å². The molecule has 20 heavy (non-hydrogen) atoms. The second kappa shape index (κ2) is 6.70. The quantitative estimate of drug-likeness (QED) is 0.828. The highest BCUT2D eigenvalue weighted by Crippen LogP contribution is 2.13. The maximum absolute atomic E-state index is 12.3. The summed E-state index contributed by atoms with van der Waals surface area (Å²) in [5, 5.41) is 0. The molecular formula is C15H24N2O2S. The summed E-state index contributed by atoms with van der Waals surface area (Å²) in [5.74, 6) is 0.248. The van der Waals surface area contributed by atoms with E-state index in [1.165, 1.54) is 5.56 Å². The average molecular weight is 296 g/mol. The molecule has 1 aromatic carbocycles. The van der Waals surface area contributed by atoms with Crippen LogP contribution in [0.1, 0.15) is 18.9 Å². The number of hydrogen-bond donors (Lipinski definition) is 0. The van der Waals surface area contributed by atoms with Gasteiger partial charge in [0.05, 0.1) is 5.75 Å². The summed E-state index contributed by atoms with van der Waals surface area (Å²) in [6.07, 6.45) is 1.51. The smallest absolute Gasteiger partial charge is 0.214 e. The van der Waals surface area contributed by atoms with Crippen molar-refractivity contribution in [2.75, 3.05) is 32.4 Å². The third-order valence-electron chi connectivity index (χ3n) is 4.03. The van der Waals surface area contributed by atoms with Gasteiger partial charge in [-0.05, 0) is 32.4 Å². The Kier molecular flexibility index (Phi) is 5.18. The first-order chi connectivity index (χ1) is 9.49. The van der Waals surface area contributed by atoms with E-state index in [9.17, 15) is 8.42 Å². The Morgan fingerprint density at radius 3 is 2.55 bits per heavy atom. The number of rotatable bonds is 5. The first-order valence-electron chi connectivity index (χ1n) is 7.21. The van der Waals surface area contributed by atoms with Gasteiger partial charge in [-0.15, -0.1) is 0 Å². The van der Waals surface area contributed by atoms with Gasteiger partial charge in [-0.3, -0.25) is 0 Å². The van der Waals surface area contributed by atoms with Crippen LogP contribution in [-0.2, 0) is 16.4 Å². The van der Waals surface area contributed by atoms with E-state index >= 15 is 0 Å². The summed E-state index contributed by atoms with van der Waals surface area (Å²) in [6.45, 7) is 4.13. The van der Waals surface area contributed by atoms with Crippen LogP contribution < -0.4 is 0 Å². The van der Waals surface area contributed by atoms with Crippen molar-refractivity contribution in [1.82, 2.24) is 9.21 Å². The fourth-order valence-corrected chi connectivity index (χ4v) is 4.07.